The van der Waals surface area contributed by atoms with Gasteiger partial charge in [0.25, 0.3) is 11.8 Å². The number of rotatable bonds is 14. The van der Waals surface area contributed by atoms with Gasteiger partial charge < -0.3 is 44.3 Å². The summed E-state index contributed by atoms with van der Waals surface area (Å²) in [7, 11) is 0. The van der Waals surface area contributed by atoms with Crippen LogP contribution in [0.1, 0.15) is 87.2 Å². The second-order valence-corrected chi connectivity index (χ2v) is 14.9. The maximum Gasteiger partial charge on any atom is 0.409 e. The highest BCUT2D eigenvalue weighted by molar-refractivity contribution is 5.99. The normalized spacial score (nSPS) is 20.5. The number of ether oxygens (including phenoxy) is 4. The van der Waals surface area contributed by atoms with Crippen LogP contribution in [0.4, 0.5) is 4.79 Å². The Morgan fingerprint density at radius 2 is 1.70 bits per heavy atom. The standard InChI is InChI=1S/C40H54N6O10/c1-3-53-40(52)45-19-17-44(18-20-45)39(51)30(14-15-36(48)56-24-28-10-4-5-21-54-28)43-37(49)32-23-34(29-13-12-26(2)22-31(29)42-32)55-25-35(47)46-16-7-11-33(46)38(50)41-27-8-6-9-27/h12-13,22-23,27-28,30,33H,3-11,14-21,24-25H2,1-2H3,(H,41,50)(H,43,49)/t28?,30-,33-/m0/s1. The summed E-state index contributed by atoms with van der Waals surface area (Å²) in [6.07, 6.45) is 6.26. The minimum Gasteiger partial charge on any atom is -0.483 e. The SMILES string of the molecule is CCOC(=O)N1CCN(C(=O)[C@H](CCC(=O)OCC2CCCCO2)NC(=O)c2cc(OCC(=O)N3CCC[C@H]3C(=O)NC3CCC3)c3ccc(C)cc3n2)CC1. The summed E-state index contributed by atoms with van der Waals surface area (Å²) in [5, 5.41) is 6.43. The summed E-state index contributed by atoms with van der Waals surface area (Å²) in [5.41, 5.74) is 1.28. The molecular weight excluding hydrogens is 724 g/mol. The second kappa shape index (κ2) is 19.2. The molecule has 3 saturated heterocycles. The number of carbonyl (C=O) groups excluding carboxylic acids is 6. The van der Waals surface area contributed by atoms with Crippen molar-refractivity contribution in [3.05, 3.63) is 35.5 Å². The third-order valence-corrected chi connectivity index (χ3v) is 10.9. The Balaban J connectivity index is 1.15. The summed E-state index contributed by atoms with van der Waals surface area (Å²) in [6, 6.07) is 5.40. The summed E-state index contributed by atoms with van der Waals surface area (Å²) >= 11 is 0. The molecule has 3 atom stereocenters. The van der Waals surface area contributed by atoms with Gasteiger partial charge in [0.15, 0.2) is 6.61 Å². The number of amides is 5. The molecule has 2 aromatic rings. The van der Waals surface area contributed by atoms with Crippen molar-refractivity contribution in [3.8, 4) is 5.75 Å². The Morgan fingerprint density at radius 1 is 0.911 bits per heavy atom. The topological polar surface area (TPSA) is 186 Å². The number of fused-ring (bicyclic) bond motifs is 1. The van der Waals surface area contributed by atoms with Crippen LogP contribution in [0.2, 0.25) is 0 Å². The Morgan fingerprint density at radius 3 is 2.41 bits per heavy atom. The van der Waals surface area contributed by atoms with Gasteiger partial charge in [-0.3, -0.25) is 24.0 Å². The molecule has 4 aliphatic rings. The molecule has 0 radical (unpaired) electrons. The van der Waals surface area contributed by atoms with Gasteiger partial charge in [-0.1, -0.05) is 6.07 Å². The Labute approximate surface area is 326 Å². The van der Waals surface area contributed by atoms with Crippen LogP contribution in [0.15, 0.2) is 24.3 Å². The van der Waals surface area contributed by atoms with E-state index >= 15 is 0 Å². The average Bonchev–Trinajstić information content (AvgIpc) is 3.69. The number of hydrogen-bond donors (Lipinski definition) is 2. The van der Waals surface area contributed by atoms with Crippen LogP contribution in [0, 0.1) is 6.92 Å². The summed E-state index contributed by atoms with van der Waals surface area (Å²) < 4.78 is 22.3. The number of nitrogens with zero attached hydrogens (tertiary/aromatic N) is 4. The monoisotopic (exact) mass is 778 g/mol. The van der Waals surface area contributed by atoms with E-state index in [1.165, 1.54) is 11.0 Å². The smallest absolute Gasteiger partial charge is 0.409 e. The number of piperazine rings is 1. The molecule has 5 amide bonds. The van der Waals surface area contributed by atoms with E-state index in [0.717, 1.165) is 44.1 Å². The van der Waals surface area contributed by atoms with E-state index in [1.54, 1.807) is 28.9 Å². The van der Waals surface area contributed by atoms with Gasteiger partial charge >= 0.3 is 12.1 Å². The van der Waals surface area contributed by atoms with E-state index < -0.39 is 36.0 Å². The first kappa shape index (κ1) is 40.7. The molecule has 4 heterocycles. The van der Waals surface area contributed by atoms with Crippen molar-refractivity contribution in [2.75, 3.05) is 59.2 Å². The average molecular weight is 779 g/mol. The molecule has 1 unspecified atom stereocenters. The van der Waals surface area contributed by atoms with Crippen molar-refractivity contribution in [2.24, 2.45) is 0 Å². The molecule has 16 nitrogen and oxygen atoms in total. The van der Waals surface area contributed by atoms with Crippen LogP contribution in [0.5, 0.6) is 5.75 Å². The lowest BCUT2D eigenvalue weighted by molar-refractivity contribution is -0.149. The van der Waals surface area contributed by atoms with E-state index in [4.69, 9.17) is 18.9 Å². The molecule has 16 heteroatoms. The van der Waals surface area contributed by atoms with Crippen molar-refractivity contribution < 1.29 is 47.7 Å². The fraction of sp³-hybridized carbons (Fsp3) is 0.625. The summed E-state index contributed by atoms with van der Waals surface area (Å²) in [5.74, 6) is -1.83. The summed E-state index contributed by atoms with van der Waals surface area (Å²) in [4.78, 5) is 88.7. The first-order chi connectivity index (χ1) is 27.1. The molecule has 304 valence electrons. The third kappa shape index (κ3) is 10.4. The van der Waals surface area contributed by atoms with Crippen LogP contribution in [0.3, 0.4) is 0 Å². The number of nitrogens with one attached hydrogen (secondary N) is 2. The molecule has 4 fully saturated rings. The van der Waals surface area contributed by atoms with Crippen molar-refractivity contribution in [2.45, 2.75) is 102 Å². The molecule has 1 aliphatic carbocycles. The lowest BCUT2D eigenvalue weighted by Gasteiger charge is -2.36. The summed E-state index contributed by atoms with van der Waals surface area (Å²) in [6.45, 7) is 5.62. The van der Waals surface area contributed by atoms with Crippen LogP contribution < -0.4 is 15.4 Å². The maximum atomic E-state index is 14.0. The molecular formula is C40H54N6O10. The number of pyridine rings is 1. The zero-order chi connectivity index (χ0) is 39.6. The lowest BCUT2D eigenvalue weighted by atomic mass is 9.93. The van der Waals surface area contributed by atoms with Crippen molar-refractivity contribution >= 4 is 46.6 Å². The highest BCUT2D eigenvalue weighted by atomic mass is 16.6. The van der Waals surface area contributed by atoms with Crippen LogP contribution in [-0.4, -0.2) is 139 Å². The van der Waals surface area contributed by atoms with Crippen LogP contribution >= 0.6 is 0 Å². The Hall–Kier alpha value is -4.99. The predicted octanol–water partition coefficient (Wildman–Crippen LogP) is 2.87. The molecule has 1 saturated carbocycles. The van der Waals surface area contributed by atoms with Gasteiger partial charge in [0.1, 0.15) is 30.1 Å². The minimum atomic E-state index is -1.12. The van der Waals surface area contributed by atoms with Gasteiger partial charge in [0, 0.05) is 63.2 Å². The highest BCUT2D eigenvalue weighted by Crippen LogP contribution is 2.28. The fourth-order valence-electron chi connectivity index (χ4n) is 7.45. The zero-order valence-corrected chi connectivity index (χ0v) is 32.4. The quantitative estimate of drug-likeness (QED) is 0.269. The van der Waals surface area contributed by atoms with Crippen LogP contribution in [0.25, 0.3) is 10.9 Å². The number of likely N-dealkylation sites (tertiary alicyclic amines) is 1. The molecule has 0 spiro atoms. The molecule has 3 aliphatic heterocycles. The predicted molar refractivity (Wildman–Crippen MR) is 203 cm³/mol. The van der Waals surface area contributed by atoms with Crippen molar-refractivity contribution in [1.29, 1.82) is 0 Å². The van der Waals surface area contributed by atoms with Gasteiger partial charge in [0.05, 0.1) is 18.2 Å². The maximum absolute atomic E-state index is 14.0. The molecule has 56 heavy (non-hydrogen) atoms. The van der Waals surface area contributed by atoms with E-state index in [1.807, 2.05) is 13.0 Å². The first-order valence-electron chi connectivity index (χ1n) is 20.0. The molecule has 1 aromatic heterocycles. The molecule has 6 rings (SSSR count). The van der Waals surface area contributed by atoms with Gasteiger partial charge in [0.2, 0.25) is 11.8 Å². The Kier molecular flexibility index (Phi) is 14.0. The highest BCUT2D eigenvalue weighted by Gasteiger charge is 2.36. The van der Waals surface area contributed by atoms with Crippen molar-refractivity contribution in [1.82, 2.24) is 30.3 Å². The van der Waals surface area contributed by atoms with Gasteiger partial charge in [-0.05, 0) is 89.3 Å². The van der Waals surface area contributed by atoms with Gasteiger partial charge in [-0.15, -0.1) is 0 Å². The Bertz CT molecular complexity index is 1750. The fourth-order valence-corrected chi connectivity index (χ4v) is 7.45. The minimum absolute atomic E-state index is 0.0388. The number of aryl methyl sites for hydroxylation is 1. The molecule has 1 aromatic carbocycles. The van der Waals surface area contributed by atoms with E-state index in [9.17, 15) is 28.8 Å². The first-order valence-corrected chi connectivity index (χ1v) is 20.0. The third-order valence-electron chi connectivity index (χ3n) is 10.9. The number of benzene rings is 1. The largest absolute Gasteiger partial charge is 0.483 e. The van der Waals surface area contributed by atoms with E-state index in [0.29, 0.717) is 36.9 Å². The number of esters is 1. The van der Waals surface area contributed by atoms with E-state index in [2.05, 4.69) is 15.6 Å². The van der Waals surface area contributed by atoms with Crippen molar-refractivity contribution in [3.63, 3.8) is 0 Å². The van der Waals surface area contributed by atoms with E-state index in [-0.39, 0.29) is 94.2 Å². The number of aromatic nitrogens is 1. The molecule has 0 bridgehead atoms. The van der Waals surface area contributed by atoms with Gasteiger partial charge in [-0.25, -0.2) is 9.78 Å². The van der Waals surface area contributed by atoms with Crippen LogP contribution in [-0.2, 0) is 33.4 Å². The lowest BCUT2D eigenvalue weighted by Crippen LogP contribution is -2.56. The molecule has 2 N–H and O–H groups in total. The number of hydrogen-bond acceptors (Lipinski definition) is 11. The second-order valence-electron chi connectivity index (χ2n) is 14.9. The van der Waals surface area contributed by atoms with Gasteiger partial charge in [-0.2, -0.15) is 0 Å². The zero-order valence-electron chi connectivity index (χ0n) is 32.4. The number of carbonyl (C=O) groups is 6.